The lowest BCUT2D eigenvalue weighted by Crippen LogP contribution is -1.96. The fourth-order valence-electron chi connectivity index (χ4n) is 1.41. The first kappa shape index (κ1) is 10.8. The summed E-state index contributed by atoms with van der Waals surface area (Å²) in [4.78, 5) is 24.8. The van der Waals surface area contributed by atoms with Crippen LogP contribution in [-0.4, -0.2) is 11.1 Å². The standard InChI is InChI=1S/C11H8O2.O2/c12-11(13)10-7-3-5-8-4-1-2-6-9(8)10;1-2/h1-7H,(H,12,13);. The van der Waals surface area contributed by atoms with E-state index in [9.17, 15) is 4.79 Å². The highest BCUT2D eigenvalue weighted by molar-refractivity contribution is 6.03. The van der Waals surface area contributed by atoms with Crippen LogP contribution in [0.2, 0.25) is 0 Å². The third-order valence-electron chi connectivity index (χ3n) is 2.02. The fraction of sp³-hybridized carbons (Fsp3) is 0. The van der Waals surface area contributed by atoms with Crippen molar-refractivity contribution in [2.75, 3.05) is 0 Å². The number of carboxylic acids is 1. The average molecular weight is 204 g/mol. The molecule has 2 aromatic carbocycles. The minimum absolute atomic E-state index is 0.359. The van der Waals surface area contributed by atoms with Gasteiger partial charge in [0, 0.05) is 9.93 Å². The van der Waals surface area contributed by atoms with Gasteiger partial charge in [0.2, 0.25) is 0 Å². The van der Waals surface area contributed by atoms with E-state index in [4.69, 9.17) is 15.0 Å². The molecule has 1 N–H and O–H groups in total. The van der Waals surface area contributed by atoms with Gasteiger partial charge in [-0.25, -0.2) is 4.79 Å². The summed E-state index contributed by atoms with van der Waals surface area (Å²) in [6, 6.07) is 12.7. The van der Waals surface area contributed by atoms with Crippen LogP contribution in [0.4, 0.5) is 0 Å². The molecule has 0 aliphatic rings. The Hall–Kier alpha value is -2.23. The first-order chi connectivity index (χ1) is 7.29. The Bertz CT molecular complexity index is 473. The minimum atomic E-state index is -0.878. The number of benzene rings is 2. The van der Waals surface area contributed by atoms with Crippen LogP contribution < -0.4 is 0 Å². The third kappa shape index (κ3) is 2.17. The van der Waals surface area contributed by atoms with Gasteiger partial charge in [0.05, 0.1) is 5.56 Å². The normalized spacial score (nSPS) is 9.07. The molecule has 0 heterocycles. The van der Waals surface area contributed by atoms with Crippen molar-refractivity contribution >= 4 is 16.7 Å². The second-order valence-electron chi connectivity index (χ2n) is 2.83. The zero-order chi connectivity index (χ0) is 11.3. The summed E-state index contributed by atoms with van der Waals surface area (Å²) in [6.45, 7) is 0. The van der Waals surface area contributed by atoms with E-state index in [-0.39, 0.29) is 0 Å². The van der Waals surface area contributed by atoms with E-state index < -0.39 is 5.97 Å². The molecular weight excluding hydrogens is 196 g/mol. The van der Waals surface area contributed by atoms with Crippen molar-refractivity contribution in [2.45, 2.75) is 0 Å². The molecule has 0 aromatic heterocycles. The summed E-state index contributed by atoms with van der Waals surface area (Å²) in [5.41, 5.74) is 0.359. The molecule has 0 unspecified atom stereocenters. The molecule has 0 radical (unpaired) electrons. The van der Waals surface area contributed by atoms with Crippen LogP contribution in [0.3, 0.4) is 0 Å². The summed E-state index contributed by atoms with van der Waals surface area (Å²) in [7, 11) is 0. The van der Waals surface area contributed by atoms with E-state index in [1.54, 1.807) is 12.1 Å². The highest BCUT2D eigenvalue weighted by atomic mass is 16.7. The molecule has 0 amide bonds. The van der Waals surface area contributed by atoms with Crippen LogP contribution in [0, 0.1) is 9.93 Å². The quantitative estimate of drug-likeness (QED) is 0.774. The van der Waals surface area contributed by atoms with Crippen molar-refractivity contribution in [3.63, 3.8) is 0 Å². The van der Waals surface area contributed by atoms with Gasteiger partial charge in [0.15, 0.2) is 0 Å². The zero-order valence-electron chi connectivity index (χ0n) is 7.71. The smallest absolute Gasteiger partial charge is 0.336 e. The van der Waals surface area contributed by atoms with Gasteiger partial charge in [-0.3, -0.25) is 0 Å². The summed E-state index contributed by atoms with van der Waals surface area (Å²) in [5.74, 6) is -0.878. The lowest BCUT2D eigenvalue weighted by Gasteiger charge is -2.00. The molecule has 0 aliphatic carbocycles. The summed E-state index contributed by atoms with van der Waals surface area (Å²) in [6.07, 6.45) is 0. The van der Waals surface area contributed by atoms with E-state index >= 15 is 0 Å². The highest BCUT2D eigenvalue weighted by Gasteiger charge is 2.05. The Balaban J connectivity index is 0.000000531. The molecule has 76 valence electrons. The van der Waals surface area contributed by atoms with E-state index in [1.165, 1.54) is 0 Å². The number of hydrogen-bond acceptors (Lipinski definition) is 3. The molecule has 0 bridgehead atoms. The number of hydrogen-bond donors (Lipinski definition) is 1. The predicted octanol–water partition coefficient (Wildman–Crippen LogP) is 2.61. The van der Waals surface area contributed by atoms with Crippen molar-refractivity contribution in [1.29, 1.82) is 0 Å². The van der Waals surface area contributed by atoms with Gasteiger partial charge < -0.3 is 5.11 Å². The van der Waals surface area contributed by atoms with Crippen molar-refractivity contribution < 1.29 is 9.90 Å². The summed E-state index contributed by atoms with van der Waals surface area (Å²) in [5, 5.41) is 10.6. The molecule has 0 aliphatic heterocycles. The molecule has 0 atom stereocenters. The van der Waals surface area contributed by atoms with Gasteiger partial charge >= 0.3 is 5.97 Å². The number of fused-ring (bicyclic) bond motifs is 1. The molecule has 0 fully saturated rings. The van der Waals surface area contributed by atoms with Crippen molar-refractivity contribution in [1.82, 2.24) is 0 Å². The van der Waals surface area contributed by atoms with Crippen molar-refractivity contribution in [2.24, 2.45) is 0 Å². The maximum Gasteiger partial charge on any atom is 0.336 e. The molecule has 2 rings (SSSR count). The molecule has 4 heteroatoms. The minimum Gasteiger partial charge on any atom is -0.478 e. The van der Waals surface area contributed by atoms with Crippen LogP contribution in [0.5, 0.6) is 0 Å². The number of rotatable bonds is 1. The Kier molecular flexibility index (Phi) is 3.51. The van der Waals surface area contributed by atoms with Gasteiger partial charge in [0.25, 0.3) is 0 Å². The number of carboxylic acid groups (broad SMARTS) is 1. The Morgan fingerprint density at radius 2 is 1.53 bits per heavy atom. The topological polar surface area (TPSA) is 71.4 Å². The van der Waals surface area contributed by atoms with Gasteiger partial charge in [-0.1, -0.05) is 36.4 Å². The number of aromatic carboxylic acids is 1. The first-order valence-electron chi connectivity index (χ1n) is 4.17. The van der Waals surface area contributed by atoms with E-state index in [0.29, 0.717) is 5.56 Å². The fourth-order valence-corrected chi connectivity index (χ4v) is 1.41. The zero-order valence-corrected chi connectivity index (χ0v) is 7.71. The van der Waals surface area contributed by atoms with Gasteiger partial charge in [-0.2, -0.15) is 0 Å². The lowest BCUT2D eigenvalue weighted by atomic mass is 10.1. The molecular formula is C11H8O4. The SMILES string of the molecule is O=C(O)c1cccc2ccccc12.O=O. The third-order valence-corrected chi connectivity index (χ3v) is 2.02. The maximum absolute atomic E-state index is 10.8. The van der Waals surface area contributed by atoms with Crippen molar-refractivity contribution in [3.05, 3.63) is 58.0 Å². The molecule has 15 heavy (non-hydrogen) atoms. The monoisotopic (exact) mass is 204 g/mol. The second-order valence-corrected chi connectivity index (χ2v) is 2.83. The Morgan fingerprint density at radius 1 is 0.933 bits per heavy atom. The predicted molar refractivity (Wildman–Crippen MR) is 57.6 cm³/mol. The maximum atomic E-state index is 10.8. The van der Waals surface area contributed by atoms with Crippen LogP contribution in [0.1, 0.15) is 10.4 Å². The second kappa shape index (κ2) is 4.85. The summed E-state index contributed by atoms with van der Waals surface area (Å²) >= 11 is 0. The molecule has 0 saturated heterocycles. The molecule has 2 aromatic rings. The molecule has 0 spiro atoms. The highest BCUT2D eigenvalue weighted by Crippen LogP contribution is 2.17. The van der Waals surface area contributed by atoms with Gasteiger partial charge in [-0.15, -0.1) is 0 Å². The van der Waals surface area contributed by atoms with Gasteiger partial charge in [-0.05, 0) is 16.8 Å². The largest absolute Gasteiger partial charge is 0.478 e. The van der Waals surface area contributed by atoms with E-state index in [2.05, 4.69) is 0 Å². The van der Waals surface area contributed by atoms with Crippen LogP contribution in [0.15, 0.2) is 42.5 Å². The first-order valence-corrected chi connectivity index (χ1v) is 4.17. The Labute approximate surface area is 85.4 Å². The molecule has 4 nitrogen and oxygen atoms in total. The average Bonchev–Trinajstić information content (AvgIpc) is 2.31. The van der Waals surface area contributed by atoms with Crippen LogP contribution >= 0.6 is 0 Å². The van der Waals surface area contributed by atoms with E-state index in [0.717, 1.165) is 10.8 Å². The van der Waals surface area contributed by atoms with Gasteiger partial charge in [0.1, 0.15) is 0 Å². The number of carbonyl (C=O) groups is 1. The van der Waals surface area contributed by atoms with E-state index in [1.807, 2.05) is 30.3 Å². The Morgan fingerprint density at radius 3 is 2.20 bits per heavy atom. The van der Waals surface area contributed by atoms with Crippen LogP contribution in [0.25, 0.3) is 10.8 Å². The summed E-state index contributed by atoms with van der Waals surface area (Å²) < 4.78 is 0. The van der Waals surface area contributed by atoms with Crippen molar-refractivity contribution in [3.8, 4) is 0 Å². The lowest BCUT2D eigenvalue weighted by molar-refractivity contribution is 0.0699. The van der Waals surface area contributed by atoms with Crippen LogP contribution in [-0.2, 0) is 0 Å². The molecule has 0 saturated carbocycles.